The first-order valence-electron chi connectivity index (χ1n) is 11.5. The Hall–Kier alpha value is -2.61. The van der Waals surface area contributed by atoms with Crippen LogP contribution in [0, 0.1) is 5.92 Å². The molecule has 0 spiro atoms. The van der Waals surface area contributed by atoms with Crippen LogP contribution in [-0.2, 0) is 6.42 Å². The first-order valence-corrected chi connectivity index (χ1v) is 11.5. The monoisotopic (exact) mass is 436 g/mol. The smallest absolute Gasteiger partial charge is 0.225 e. The molecule has 0 amide bonds. The predicted molar refractivity (Wildman–Crippen MR) is 125 cm³/mol. The van der Waals surface area contributed by atoms with Crippen molar-refractivity contribution < 1.29 is 15.0 Å². The third-order valence-electron chi connectivity index (χ3n) is 6.56. The number of carbonyl (C=O) groups is 1. The highest BCUT2D eigenvalue weighted by Crippen LogP contribution is 2.30. The van der Waals surface area contributed by atoms with Crippen LogP contribution >= 0.6 is 0 Å². The summed E-state index contributed by atoms with van der Waals surface area (Å²) in [5, 5.41) is 18.5. The lowest BCUT2D eigenvalue weighted by Crippen LogP contribution is -2.40. The summed E-state index contributed by atoms with van der Waals surface area (Å²) in [6.07, 6.45) is 9.48. The summed E-state index contributed by atoms with van der Waals surface area (Å²) in [6, 6.07) is 8.64. The molecule has 0 atom stereocenters. The van der Waals surface area contributed by atoms with E-state index >= 15 is 0 Å². The Balaban J connectivity index is 1.26. The fourth-order valence-electron chi connectivity index (χ4n) is 4.71. The molecule has 170 valence electrons. The molecule has 1 aliphatic carbocycles. The third-order valence-corrected chi connectivity index (χ3v) is 6.56. The minimum atomic E-state index is -0.526. The number of rotatable bonds is 10. The van der Waals surface area contributed by atoms with Gasteiger partial charge in [0.2, 0.25) is 5.95 Å². The maximum atomic E-state index is 11.5. The number of hydrogen-bond donors (Lipinski definition) is 2. The number of anilines is 1. The largest absolute Gasteiger partial charge is 0.395 e. The van der Waals surface area contributed by atoms with Gasteiger partial charge in [0.1, 0.15) is 6.61 Å². The average Bonchev–Trinajstić information content (AvgIpc) is 3.26. The van der Waals surface area contributed by atoms with Crippen molar-refractivity contribution in [3.05, 3.63) is 59.4 Å². The molecule has 2 heterocycles. The molecule has 7 nitrogen and oxygen atoms in total. The summed E-state index contributed by atoms with van der Waals surface area (Å²) in [5.41, 5.74) is 4.57. The van der Waals surface area contributed by atoms with Crippen LogP contribution < -0.4 is 4.90 Å². The lowest BCUT2D eigenvalue weighted by Gasteiger charge is -2.35. The second-order valence-corrected chi connectivity index (χ2v) is 8.65. The summed E-state index contributed by atoms with van der Waals surface area (Å²) in [6.45, 7) is 4.08. The Labute approximate surface area is 189 Å². The molecule has 1 aromatic heterocycles. The van der Waals surface area contributed by atoms with E-state index in [1.807, 2.05) is 0 Å². The van der Waals surface area contributed by atoms with Gasteiger partial charge in [-0.2, -0.15) is 0 Å². The van der Waals surface area contributed by atoms with E-state index in [4.69, 9.17) is 5.11 Å². The van der Waals surface area contributed by atoms with Crippen LogP contribution in [0.2, 0.25) is 0 Å². The zero-order chi connectivity index (χ0) is 22.3. The van der Waals surface area contributed by atoms with Crippen LogP contribution in [0.1, 0.15) is 40.7 Å². The molecule has 2 N–H and O–H groups in total. The topological polar surface area (TPSA) is 89.8 Å². The minimum Gasteiger partial charge on any atom is -0.395 e. The van der Waals surface area contributed by atoms with Gasteiger partial charge in [-0.3, -0.25) is 4.79 Å². The van der Waals surface area contributed by atoms with Gasteiger partial charge < -0.3 is 20.0 Å². The van der Waals surface area contributed by atoms with Gasteiger partial charge in [0.15, 0.2) is 5.78 Å². The number of Topliss-reactive ketones (excluding diaryl/α,β-unsaturated/α-hetero) is 1. The number of piperidine rings is 1. The normalized spacial score (nSPS) is 16.3. The van der Waals surface area contributed by atoms with Crippen molar-refractivity contribution in [2.75, 3.05) is 50.8 Å². The van der Waals surface area contributed by atoms with Crippen molar-refractivity contribution in [3.63, 3.8) is 0 Å². The zero-order valence-corrected chi connectivity index (χ0v) is 18.5. The van der Waals surface area contributed by atoms with Crippen molar-refractivity contribution in [1.29, 1.82) is 0 Å². The summed E-state index contributed by atoms with van der Waals surface area (Å²) >= 11 is 0. The molecule has 0 bridgehead atoms. The minimum absolute atomic E-state index is 0.182. The summed E-state index contributed by atoms with van der Waals surface area (Å²) in [5.74, 6) is 0.853. The van der Waals surface area contributed by atoms with Crippen LogP contribution in [0.5, 0.6) is 0 Å². The van der Waals surface area contributed by atoms with Gasteiger partial charge in [0, 0.05) is 45.1 Å². The molecule has 0 radical (unpaired) electrons. The van der Waals surface area contributed by atoms with Crippen LogP contribution in [-0.4, -0.2) is 76.8 Å². The molecular formula is C25H32N4O3. The van der Waals surface area contributed by atoms with Crippen molar-refractivity contribution in [1.82, 2.24) is 14.9 Å². The van der Waals surface area contributed by atoms with Crippen molar-refractivity contribution in [3.8, 4) is 0 Å². The first kappa shape index (κ1) is 22.6. The summed E-state index contributed by atoms with van der Waals surface area (Å²) < 4.78 is 0. The maximum Gasteiger partial charge on any atom is 0.225 e. The van der Waals surface area contributed by atoms with Crippen molar-refractivity contribution >= 4 is 17.3 Å². The predicted octanol–water partition coefficient (Wildman–Crippen LogP) is 2.19. The molecule has 1 fully saturated rings. The van der Waals surface area contributed by atoms with Gasteiger partial charge in [-0.15, -0.1) is 0 Å². The number of ketones is 1. The van der Waals surface area contributed by atoms with E-state index in [9.17, 15) is 9.90 Å². The fraction of sp³-hybridized carbons (Fsp3) is 0.480. The van der Waals surface area contributed by atoms with Crippen LogP contribution in [0.3, 0.4) is 0 Å². The molecule has 1 aromatic carbocycles. The molecule has 0 saturated carbocycles. The summed E-state index contributed by atoms with van der Waals surface area (Å²) in [4.78, 5) is 24.7. The molecule has 1 aliphatic heterocycles. The molecule has 4 rings (SSSR count). The number of fused-ring (bicyclic) bond motifs is 1. The lowest BCUT2D eigenvalue weighted by molar-refractivity contribution is 0.0903. The third kappa shape index (κ3) is 5.41. The fourth-order valence-corrected chi connectivity index (χ4v) is 4.71. The number of nitrogens with zero attached hydrogens (tertiary/aromatic N) is 4. The van der Waals surface area contributed by atoms with E-state index in [-0.39, 0.29) is 12.4 Å². The van der Waals surface area contributed by atoms with Gasteiger partial charge >= 0.3 is 0 Å². The zero-order valence-electron chi connectivity index (χ0n) is 18.5. The Morgan fingerprint density at radius 1 is 1.09 bits per heavy atom. The number of aliphatic hydroxyl groups is 2. The van der Waals surface area contributed by atoms with E-state index in [1.54, 1.807) is 0 Å². The quantitative estimate of drug-likeness (QED) is 0.552. The number of carbonyl (C=O) groups excluding carboxylic acids is 1. The number of aromatic nitrogens is 2. The van der Waals surface area contributed by atoms with Crippen molar-refractivity contribution in [2.45, 2.75) is 25.7 Å². The molecule has 0 unspecified atom stereocenters. The second-order valence-electron chi connectivity index (χ2n) is 8.65. The Morgan fingerprint density at radius 2 is 1.84 bits per heavy atom. The molecule has 7 heteroatoms. The van der Waals surface area contributed by atoms with Gasteiger partial charge in [0.25, 0.3) is 0 Å². The first-order chi connectivity index (χ1) is 15.7. The molecule has 2 aromatic rings. The standard InChI is InChI=1S/C25H32N4O3/c30-14-13-28(10-9-21-6-5-20-3-1-2-4-23(20)21)17-19-7-11-29(12-8-19)25-26-15-22(16-27-25)24(32)18-31/h1-4,6,15-16,19,30-31H,5,7-14,17-18H2. The molecule has 1 saturated heterocycles. The Morgan fingerprint density at radius 3 is 2.56 bits per heavy atom. The highest BCUT2D eigenvalue weighted by molar-refractivity contribution is 5.96. The lowest BCUT2D eigenvalue weighted by atomic mass is 9.96. The number of benzene rings is 1. The van der Waals surface area contributed by atoms with Crippen molar-refractivity contribution in [2.24, 2.45) is 5.92 Å². The van der Waals surface area contributed by atoms with Crippen LogP contribution in [0.15, 0.2) is 42.7 Å². The highest BCUT2D eigenvalue weighted by atomic mass is 16.3. The number of aliphatic hydroxyl groups excluding tert-OH is 2. The van der Waals surface area contributed by atoms with E-state index in [0.29, 0.717) is 24.0 Å². The van der Waals surface area contributed by atoms with E-state index < -0.39 is 6.61 Å². The second kappa shape index (κ2) is 10.8. The molecule has 32 heavy (non-hydrogen) atoms. The number of hydrogen-bond acceptors (Lipinski definition) is 7. The highest BCUT2D eigenvalue weighted by Gasteiger charge is 2.23. The Bertz CT molecular complexity index is 936. The maximum absolute atomic E-state index is 11.5. The molecular weight excluding hydrogens is 404 g/mol. The summed E-state index contributed by atoms with van der Waals surface area (Å²) in [7, 11) is 0. The number of allylic oxidation sites excluding steroid dienone is 1. The van der Waals surface area contributed by atoms with E-state index in [1.165, 1.54) is 29.1 Å². The van der Waals surface area contributed by atoms with E-state index in [2.05, 4.69) is 50.1 Å². The van der Waals surface area contributed by atoms with Crippen LogP contribution in [0.4, 0.5) is 5.95 Å². The SMILES string of the molecule is O=C(CO)c1cnc(N2CCC(CN(CCO)CCC3=CCc4ccccc43)CC2)nc1. The van der Waals surface area contributed by atoms with Gasteiger partial charge in [0.05, 0.1) is 12.2 Å². The van der Waals surface area contributed by atoms with Gasteiger partial charge in [-0.25, -0.2) is 9.97 Å². The van der Waals surface area contributed by atoms with Gasteiger partial charge in [-0.1, -0.05) is 30.3 Å². The average molecular weight is 437 g/mol. The van der Waals surface area contributed by atoms with Crippen LogP contribution in [0.25, 0.3) is 5.57 Å². The molecule has 2 aliphatic rings. The van der Waals surface area contributed by atoms with Gasteiger partial charge in [-0.05, 0) is 48.3 Å². The Kier molecular flexibility index (Phi) is 7.63. The van der Waals surface area contributed by atoms with E-state index in [0.717, 1.165) is 51.9 Å².